The Labute approximate surface area is 110 Å². The molecule has 0 spiro atoms. The maximum atomic E-state index is 13.8. The van der Waals surface area contributed by atoms with E-state index in [1.165, 1.54) is 6.07 Å². The van der Waals surface area contributed by atoms with Crippen LogP contribution in [-0.4, -0.2) is 4.98 Å². The van der Waals surface area contributed by atoms with Crippen LogP contribution in [0.4, 0.5) is 22.0 Å². The summed E-state index contributed by atoms with van der Waals surface area (Å²) >= 11 is 0. The van der Waals surface area contributed by atoms with E-state index in [1.807, 2.05) is 0 Å². The normalized spacial score (nSPS) is 11.2. The summed E-state index contributed by atoms with van der Waals surface area (Å²) in [5.74, 6) is -2.19. The first-order chi connectivity index (χ1) is 9.34. The molecule has 0 unspecified atom stereocenters. The predicted molar refractivity (Wildman–Crippen MR) is 59.3 cm³/mol. The largest absolute Gasteiger partial charge is 0.417 e. The van der Waals surface area contributed by atoms with E-state index in [0.29, 0.717) is 6.20 Å². The van der Waals surface area contributed by atoms with Crippen LogP contribution in [-0.2, 0) is 6.18 Å². The zero-order valence-corrected chi connectivity index (χ0v) is 9.67. The standard InChI is InChI=1S/C13H5F5N2/c14-10-3-2-8(12(15)9(10)5-19)11-4-1-7(6-20-11)13(16,17)18/h1-4,6H. The van der Waals surface area contributed by atoms with Crippen LogP contribution in [0.25, 0.3) is 11.3 Å². The van der Waals surface area contributed by atoms with Gasteiger partial charge in [-0.15, -0.1) is 0 Å². The van der Waals surface area contributed by atoms with Gasteiger partial charge in [0.25, 0.3) is 0 Å². The number of hydrogen-bond donors (Lipinski definition) is 0. The number of halogens is 5. The Morgan fingerprint density at radius 1 is 1.05 bits per heavy atom. The lowest BCUT2D eigenvalue weighted by molar-refractivity contribution is -0.137. The number of aromatic nitrogens is 1. The molecule has 2 aromatic rings. The average Bonchev–Trinajstić information content (AvgIpc) is 2.38. The molecule has 0 radical (unpaired) electrons. The Bertz CT molecular complexity index is 684. The number of nitriles is 1. The molecule has 0 N–H and O–H groups in total. The molecule has 1 aromatic carbocycles. The maximum Gasteiger partial charge on any atom is 0.417 e. The first kappa shape index (κ1) is 13.9. The van der Waals surface area contributed by atoms with E-state index in [1.54, 1.807) is 0 Å². The molecule has 0 atom stereocenters. The zero-order valence-electron chi connectivity index (χ0n) is 9.67. The van der Waals surface area contributed by atoms with Crippen molar-refractivity contribution in [2.75, 3.05) is 0 Å². The molecule has 1 aromatic heterocycles. The molecule has 0 aliphatic heterocycles. The Morgan fingerprint density at radius 3 is 2.25 bits per heavy atom. The molecule has 7 heteroatoms. The van der Waals surface area contributed by atoms with Crippen molar-refractivity contribution in [3.05, 3.63) is 53.2 Å². The van der Waals surface area contributed by atoms with Gasteiger partial charge in [0.05, 0.1) is 11.3 Å². The van der Waals surface area contributed by atoms with Crippen molar-refractivity contribution in [1.29, 1.82) is 5.26 Å². The smallest absolute Gasteiger partial charge is 0.256 e. The average molecular weight is 284 g/mol. The van der Waals surface area contributed by atoms with E-state index >= 15 is 0 Å². The Kier molecular flexibility index (Phi) is 3.40. The number of benzene rings is 1. The zero-order chi connectivity index (χ0) is 14.9. The van der Waals surface area contributed by atoms with Gasteiger partial charge in [-0.05, 0) is 24.3 Å². The Hall–Kier alpha value is -2.49. The van der Waals surface area contributed by atoms with Crippen LogP contribution in [0.15, 0.2) is 30.5 Å². The second-order valence-corrected chi connectivity index (χ2v) is 3.83. The van der Waals surface area contributed by atoms with E-state index in [2.05, 4.69) is 4.98 Å². The molecular weight excluding hydrogens is 279 g/mol. The van der Waals surface area contributed by atoms with Gasteiger partial charge in [-0.3, -0.25) is 4.98 Å². The van der Waals surface area contributed by atoms with Crippen LogP contribution in [0.5, 0.6) is 0 Å². The third-order valence-corrected chi connectivity index (χ3v) is 2.57. The molecular formula is C13H5F5N2. The van der Waals surface area contributed by atoms with Gasteiger partial charge in [-0.1, -0.05) is 0 Å². The number of alkyl halides is 3. The van der Waals surface area contributed by atoms with Crippen LogP contribution in [0.1, 0.15) is 11.1 Å². The van der Waals surface area contributed by atoms with Crippen LogP contribution < -0.4 is 0 Å². The quantitative estimate of drug-likeness (QED) is 0.744. The van der Waals surface area contributed by atoms with Crippen LogP contribution >= 0.6 is 0 Å². The third kappa shape index (κ3) is 2.45. The molecule has 0 amide bonds. The lowest BCUT2D eigenvalue weighted by Crippen LogP contribution is -2.05. The monoisotopic (exact) mass is 284 g/mol. The summed E-state index contributed by atoms with van der Waals surface area (Å²) < 4.78 is 64.1. The van der Waals surface area contributed by atoms with Crippen molar-refractivity contribution in [2.24, 2.45) is 0 Å². The van der Waals surface area contributed by atoms with Crippen LogP contribution in [0.3, 0.4) is 0 Å². The van der Waals surface area contributed by atoms with E-state index in [-0.39, 0.29) is 11.3 Å². The van der Waals surface area contributed by atoms with E-state index in [0.717, 1.165) is 24.3 Å². The van der Waals surface area contributed by atoms with Crippen molar-refractivity contribution in [2.45, 2.75) is 6.18 Å². The molecule has 102 valence electrons. The fraction of sp³-hybridized carbons (Fsp3) is 0.0769. The van der Waals surface area contributed by atoms with Crippen LogP contribution in [0, 0.1) is 23.0 Å². The topological polar surface area (TPSA) is 36.7 Å². The first-order valence-corrected chi connectivity index (χ1v) is 5.26. The summed E-state index contributed by atoms with van der Waals surface area (Å²) in [4.78, 5) is 3.49. The molecule has 0 aliphatic rings. The minimum Gasteiger partial charge on any atom is -0.256 e. The molecule has 2 rings (SSSR count). The van der Waals surface area contributed by atoms with Crippen molar-refractivity contribution in [3.63, 3.8) is 0 Å². The number of pyridine rings is 1. The minimum atomic E-state index is -4.55. The fourth-order valence-corrected chi connectivity index (χ4v) is 1.57. The SMILES string of the molecule is N#Cc1c(F)ccc(-c2ccc(C(F)(F)F)cn2)c1F. The Balaban J connectivity index is 2.51. The highest BCUT2D eigenvalue weighted by molar-refractivity contribution is 5.62. The highest BCUT2D eigenvalue weighted by Crippen LogP contribution is 2.30. The number of hydrogen-bond acceptors (Lipinski definition) is 2. The number of rotatable bonds is 1. The highest BCUT2D eigenvalue weighted by Gasteiger charge is 2.30. The van der Waals surface area contributed by atoms with Gasteiger partial charge in [0.1, 0.15) is 17.4 Å². The summed E-state index contributed by atoms with van der Waals surface area (Å²) in [6.45, 7) is 0. The molecule has 0 saturated heterocycles. The maximum absolute atomic E-state index is 13.8. The van der Waals surface area contributed by atoms with E-state index in [9.17, 15) is 22.0 Å². The second kappa shape index (κ2) is 4.89. The highest BCUT2D eigenvalue weighted by atomic mass is 19.4. The Morgan fingerprint density at radius 2 is 1.75 bits per heavy atom. The van der Waals surface area contributed by atoms with Gasteiger partial charge in [-0.25, -0.2) is 8.78 Å². The van der Waals surface area contributed by atoms with E-state index < -0.39 is 28.9 Å². The summed E-state index contributed by atoms with van der Waals surface area (Å²) in [6.07, 6.45) is -4.01. The van der Waals surface area contributed by atoms with Gasteiger partial charge in [0, 0.05) is 11.8 Å². The van der Waals surface area contributed by atoms with Crippen LogP contribution in [0.2, 0.25) is 0 Å². The van der Waals surface area contributed by atoms with Gasteiger partial charge in [0.2, 0.25) is 0 Å². The molecule has 0 aliphatic carbocycles. The summed E-state index contributed by atoms with van der Waals surface area (Å²) in [7, 11) is 0. The molecule has 20 heavy (non-hydrogen) atoms. The minimum absolute atomic E-state index is 0.119. The van der Waals surface area contributed by atoms with Gasteiger partial charge in [-0.2, -0.15) is 18.4 Å². The second-order valence-electron chi connectivity index (χ2n) is 3.83. The lowest BCUT2D eigenvalue weighted by Gasteiger charge is -2.08. The molecule has 1 heterocycles. The lowest BCUT2D eigenvalue weighted by atomic mass is 10.1. The van der Waals surface area contributed by atoms with Crippen molar-refractivity contribution in [3.8, 4) is 17.3 Å². The summed E-state index contributed by atoms with van der Waals surface area (Å²) in [6, 6.07) is 4.92. The molecule has 0 saturated carbocycles. The van der Waals surface area contributed by atoms with Crippen molar-refractivity contribution >= 4 is 0 Å². The fourth-order valence-electron chi connectivity index (χ4n) is 1.57. The van der Waals surface area contributed by atoms with Gasteiger partial charge < -0.3 is 0 Å². The predicted octanol–water partition coefficient (Wildman–Crippen LogP) is 3.92. The molecule has 2 nitrogen and oxygen atoms in total. The third-order valence-electron chi connectivity index (χ3n) is 2.57. The summed E-state index contributed by atoms with van der Waals surface area (Å²) in [5.41, 5.74) is -2.14. The van der Waals surface area contributed by atoms with Crippen molar-refractivity contribution < 1.29 is 22.0 Å². The number of nitrogens with zero attached hydrogens (tertiary/aromatic N) is 2. The summed E-state index contributed by atoms with van der Waals surface area (Å²) in [5, 5.41) is 8.62. The molecule has 0 fully saturated rings. The van der Waals surface area contributed by atoms with E-state index in [4.69, 9.17) is 5.26 Å². The molecule has 0 bridgehead atoms. The first-order valence-electron chi connectivity index (χ1n) is 5.26. The van der Waals surface area contributed by atoms with Crippen molar-refractivity contribution in [1.82, 2.24) is 4.98 Å². The van der Waals surface area contributed by atoms with Gasteiger partial charge >= 0.3 is 6.18 Å². The van der Waals surface area contributed by atoms with Gasteiger partial charge in [0.15, 0.2) is 5.82 Å².